The molecule has 3 aromatic rings. The van der Waals surface area contributed by atoms with Crippen LogP contribution in [0.1, 0.15) is 20.9 Å². The number of thiophene rings is 1. The molecule has 3 nitrogen and oxygen atoms in total. The Kier molecular flexibility index (Phi) is 4.88. The van der Waals surface area contributed by atoms with E-state index < -0.39 is 0 Å². The summed E-state index contributed by atoms with van der Waals surface area (Å²) in [7, 11) is 0. The van der Waals surface area contributed by atoms with Gasteiger partial charge in [-0.2, -0.15) is 0 Å². The van der Waals surface area contributed by atoms with Gasteiger partial charge in [-0.25, -0.2) is 0 Å². The van der Waals surface area contributed by atoms with Gasteiger partial charge in [0, 0.05) is 21.8 Å². The van der Waals surface area contributed by atoms with Crippen molar-refractivity contribution in [1.29, 1.82) is 0 Å². The average Bonchev–Trinajstić information content (AvgIpc) is 2.98. The number of halogens is 1. The van der Waals surface area contributed by atoms with Crippen molar-refractivity contribution in [3.8, 4) is 0 Å². The minimum atomic E-state index is 0.487. The summed E-state index contributed by atoms with van der Waals surface area (Å²) in [5.74, 6) is 0. The maximum Gasteiger partial charge on any atom is 0.128 e. The van der Waals surface area contributed by atoms with Crippen molar-refractivity contribution in [2.45, 2.75) is 13.8 Å². The average molecular weight is 357 g/mol. The third kappa shape index (κ3) is 3.45. The summed E-state index contributed by atoms with van der Waals surface area (Å²) in [6.07, 6.45) is 0. The van der Waals surface area contributed by atoms with E-state index in [4.69, 9.17) is 11.6 Å². The van der Waals surface area contributed by atoms with Gasteiger partial charge < -0.3 is 10.5 Å². The van der Waals surface area contributed by atoms with Crippen LogP contribution < -0.4 is 5.32 Å². The number of nitrogens with one attached hydrogen (secondary N) is 1. The summed E-state index contributed by atoms with van der Waals surface area (Å²) in [6.45, 7) is 4.06. The summed E-state index contributed by atoms with van der Waals surface area (Å²) >= 11 is 8.01. The van der Waals surface area contributed by atoms with Gasteiger partial charge in [0.25, 0.3) is 0 Å². The quantitative estimate of drug-likeness (QED) is 0.342. The molecule has 1 heterocycles. The predicted molar refractivity (Wildman–Crippen MR) is 102 cm³/mol. The molecule has 0 saturated heterocycles. The van der Waals surface area contributed by atoms with Crippen molar-refractivity contribution >= 4 is 40.0 Å². The van der Waals surface area contributed by atoms with Gasteiger partial charge in [0.05, 0.1) is 9.90 Å². The standard InChI is InChI=1S/C19H17ClN2OS/c1-12-5-3-4-6-17(12)21-14-8-9-15(16(20)11-14)19(22-23)18-10-7-13(2)24-18/h3-11,21,23H,1-2H3. The zero-order valence-electron chi connectivity index (χ0n) is 13.4. The molecule has 0 atom stereocenters. The molecule has 0 aliphatic carbocycles. The van der Waals surface area contributed by atoms with Crippen molar-refractivity contribution in [3.05, 3.63) is 80.5 Å². The van der Waals surface area contributed by atoms with E-state index >= 15 is 0 Å². The fraction of sp³-hybridized carbons (Fsp3) is 0.105. The Morgan fingerprint density at radius 1 is 1.08 bits per heavy atom. The van der Waals surface area contributed by atoms with E-state index in [1.807, 2.05) is 68.4 Å². The van der Waals surface area contributed by atoms with Crippen molar-refractivity contribution in [2.75, 3.05) is 5.32 Å². The number of para-hydroxylation sites is 1. The molecule has 0 amide bonds. The highest BCUT2D eigenvalue weighted by Crippen LogP contribution is 2.28. The largest absolute Gasteiger partial charge is 0.410 e. The first kappa shape index (κ1) is 16.6. The van der Waals surface area contributed by atoms with Crippen LogP contribution in [0.2, 0.25) is 5.02 Å². The van der Waals surface area contributed by atoms with Gasteiger partial charge in [0.1, 0.15) is 5.71 Å². The molecule has 24 heavy (non-hydrogen) atoms. The maximum atomic E-state index is 9.43. The Labute approximate surface area is 150 Å². The molecule has 0 bridgehead atoms. The molecule has 2 N–H and O–H groups in total. The molecular formula is C19H17ClN2OS. The summed E-state index contributed by atoms with van der Waals surface area (Å²) < 4.78 is 0. The molecule has 5 heteroatoms. The van der Waals surface area contributed by atoms with E-state index in [2.05, 4.69) is 10.5 Å². The van der Waals surface area contributed by atoms with E-state index in [1.54, 1.807) is 11.3 Å². The van der Waals surface area contributed by atoms with Crippen LogP contribution in [0.15, 0.2) is 59.8 Å². The molecule has 0 fully saturated rings. The first-order valence-electron chi connectivity index (χ1n) is 7.50. The monoisotopic (exact) mass is 356 g/mol. The van der Waals surface area contributed by atoms with E-state index in [-0.39, 0.29) is 0 Å². The number of aryl methyl sites for hydroxylation is 2. The second-order valence-corrected chi connectivity index (χ2v) is 7.19. The fourth-order valence-electron chi connectivity index (χ4n) is 2.45. The van der Waals surface area contributed by atoms with Crippen LogP contribution in [0.3, 0.4) is 0 Å². The summed E-state index contributed by atoms with van der Waals surface area (Å²) in [5.41, 5.74) is 4.27. The minimum Gasteiger partial charge on any atom is -0.410 e. The SMILES string of the molecule is Cc1ccc(C(=NO)c2ccc(Nc3ccccc3C)cc2Cl)s1. The molecule has 0 aliphatic heterocycles. The minimum absolute atomic E-state index is 0.487. The Morgan fingerprint density at radius 3 is 2.50 bits per heavy atom. The first-order valence-corrected chi connectivity index (χ1v) is 8.69. The zero-order valence-corrected chi connectivity index (χ0v) is 14.9. The van der Waals surface area contributed by atoms with Gasteiger partial charge in [0.15, 0.2) is 0 Å². The van der Waals surface area contributed by atoms with Crippen LogP contribution in [0.25, 0.3) is 0 Å². The lowest BCUT2D eigenvalue weighted by Crippen LogP contribution is -2.03. The fourth-order valence-corrected chi connectivity index (χ4v) is 3.59. The lowest BCUT2D eigenvalue weighted by molar-refractivity contribution is 0.320. The van der Waals surface area contributed by atoms with Gasteiger partial charge in [-0.05, 0) is 55.8 Å². The Bertz CT molecular complexity index is 902. The molecule has 0 spiro atoms. The smallest absolute Gasteiger partial charge is 0.128 e. The summed E-state index contributed by atoms with van der Waals surface area (Å²) in [5, 5.41) is 16.8. The van der Waals surface area contributed by atoms with Gasteiger partial charge in [0.2, 0.25) is 0 Å². The van der Waals surface area contributed by atoms with Crippen LogP contribution in [-0.4, -0.2) is 10.9 Å². The highest BCUT2D eigenvalue weighted by Gasteiger charge is 2.14. The number of hydrogen-bond acceptors (Lipinski definition) is 4. The zero-order chi connectivity index (χ0) is 17.1. The van der Waals surface area contributed by atoms with Gasteiger partial charge in [-0.15, -0.1) is 11.3 Å². The third-order valence-electron chi connectivity index (χ3n) is 3.72. The van der Waals surface area contributed by atoms with Gasteiger partial charge in [-0.1, -0.05) is 35.0 Å². The van der Waals surface area contributed by atoms with Crippen molar-refractivity contribution in [1.82, 2.24) is 0 Å². The van der Waals surface area contributed by atoms with Crippen molar-refractivity contribution in [3.63, 3.8) is 0 Å². The molecule has 0 radical (unpaired) electrons. The number of rotatable bonds is 4. The lowest BCUT2D eigenvalue weighted by Gasteiger charge is -2.12. The van der Waals surface area contributed by atoms with E-state index in [9.17, 15) is 5.21 Å². The molecule has 3 rings (SSSR count). The normalized spacial score (nSPS) is 11.5. The van der Waals surface area contributed by atoms with Gasteiger partial charge in [-0.3, -0.25) is 0 Å². The second kappa shape index (κ2) is 7.07. The third-order valence-corrected chi connectivity index (χ3v) is 5.04. The first-order chi connectivity index (χ1) is 11.6. The topological polar surface area (TPSA) is 44.6 Å². The molecule has 1 aromatic heterocycles. The molecular weight excluding hydrogens is 340 g/mol. The molecule has 122 valence electrons. The van der Waals surface area contributed by atoms with E-state index in [0.29, 0.717) is 16.3 Å². The Balaban J connectivity index is 1.91. The van der Waals surface area contributed by atoms with Crippen LogP contribution in [0.5, 0.6) is 0 Å². The van der Waals surface area contributed by atoms with Crippen LogP contribution >= 0.6 is 22.9 Å². The van der Waals surface area contributed by atoms with E-state index in [0.717, 1.165) is 26.7 Å². The molecule has 0 saturated carbocycles. The number of oxime groups is 1. The summed E-state index contributed by atoms with van der Waals surface area (Å²) in [4.78, 5) is 2.04. The maximum absolute atomic E-state index is 9.43. The number of nitrogens with zero attached hydrogens (tertiary/aromatic N) is 1. The highest BCUT2D eigenvalue weighted by molar-refractivity contribution is 7.14. The molecule has 0 unspecified atom stereocenters. The molecule has 0 aliphatic rings. The van der Waals surface area contributed by atoms with Crippen LogP contribution in [-0.2, 0) is 0 Å². The lowest BCUT2D eigenvalue weighted by atomic mass is 10.1. The van der Waals surface area contributed by atoms with Crippen LogP contribution in [0.4, 0.5) is 11.4 Å². The number of anilines is 2. The van der Waals surface area contributed by atoms with Crippen molar-refractivity contribution < 1.29 is 5.21 Å². The number of benzene rings is 2. The van der Waals surface area contributed by atoms with Crippen LogP contribution in [0, 0.1) is 13.8 Å². The Morgan fingerprint density at radius 2 is 1.88 bits per heavy atom. The predicted octanol–water partition coefficient (Wildman–Crippen LogP) is 5.99. The Hall–Kier alpha value is -2.30. The summed E-state index contributed by atoms with van der Waals surface area (Å²) in [6, 6.07) is 17.6. The van der Waals surface area contributed by atoms with E-state index in [1.165, 1.54) is 0 Å². The molecule has 2 aromatic carbocycles. The highest BCUT2D eigenvalue weighted by atomic mass is 35.5. The van der Waals surface area contributed by atoms with Crippen molar-refractivity contribution in [2.24, 2.45) is 5.16 Å². The number of hydrogen-bond donors (Lipinski definition) is 2. The second-order valence-electron chi connectivity index (χ2n) is 5.49. The van der Waals surface area contributed by atoms with Gasteiger partial charge >= 0.3 is 0 Å².